The number of thioether (sulfide) groups is 1. The Morgan fingerprint density at radius 2 is 1.85 bits per heavy atom. The van der Waals surface area contributed by atoms with Gasteiger partial charge in [-0.3, -0.25) is 0 Å². The van der Waals surface area contributed by atoms with Crippen LogP contribution in [-0.4, -0.2) is 5.66 Å². The van der Waals surface area contributed by atoms with E-state index in [0.29, 0.717) is 0 Å². The maximum atomic E-state index is 5.58. The minimum Gasteiger partial charge on any atom is -0.310 e. The van der Waals surface area contributed by atoms with E-state index in [9.17, 15) is 0 Å². The summed E-state index contributed by atoms with van der Waals surface area (Å²) in [5, 5.41) is 1.91. The summed E-state index contributed by atoms with van der Waals surface area (Å²) in [6.07, 6.45) is 1.78. The topological polar surface area (TPSA) is 52.0 Å². The van der Waals surface area contributed by atoms with E-state index >= 15 is 0 Å². The molecule has 0 atom stereocenters. The Morgan fingerprint density at radius 1 is 1.23 bits per heavy atom. The van der Waals surface area contributed by atoms with Crippen molar-refractivity contribution in [2.75, 3.05) is 0 Å². The highest BCUT2D eigenvalue weighted by molar-refractivity contribution is 8.02. The lowest BCUT2D eigenvalue weighted by molar-refractivity contribution is 0.618. The number of rotatable bonds is 3. The van der Waals surface area contributed by atoms with E-state index in [1.165, 1.54) is 4.90 Å². The van der Waals surface area contributed by atoms with Crippen LogP contribution in [0.3, 0.4) is 0 Å². The number of nitrogens with two attached hydrogens (primary N) is 2. The molecule has 0 spiro atoms. The standard InChI is InChI=1S/C10H14N2S/c1-10(11,12)7-8-13-9-5-3-2-4-6-9/h2-8H,11-12H2,1H3. The molecular formula is C10H14N2S. The molecule has 0 aliphatic rings. The largest absolute Gasteiger partial charge is 0.310 e. The van der Waals surface area contributed by atoms with E-state index in [1.807, 2.05) is 35.7 Å². The molecule has 0 unspecified atom stereocenters. The predicted octanol–water partition coefficient (Wildman–Crippen LogP) is 1.93. The summed E-state index contributed by atoms with van der Waals surface area (Å²) in [4.78, 5) is 1.18. The molecular weight excluding hydrogens is 180 g/mol. The first-order valence-corrected chi connectivity index (χ1v) is 4.93. The van der Waals surface area contributed by atoms with Crippen LogP contribution in [0.2, 0.25) is 0 Å². The van der Waals surface area contributed by atoms with Crippen molar-refractivity contribution in [1.82, 2.24) is 0 Å². The van der Waals surface area contributed by atoms with Crippen molar-refractivity contribution in [1.29, 1.82) is 0 Å². The highest BCUT2D eigenvalue weighted by Crippen LogP contribution is 2.18. The van der Waals surface area contributed by atoms with Gasteiger partial charge in [-0.15, -0.1) is 0 Å². The minimum absolute atomic E-state index is 0.720. The Hall–Kier alpha value is -0.770. The van der Waals surface area contributed by atoms with E-state index in [0.717, 1.165) is 0 Å². The molecule has 1 rings (SSSR count). The molecule has 0 saturated carbocycles. The molecule has 1 aromatic carbocycles. The smallest absolute Gasteiger partial charge is 0.0807 e. The van der Waals surface area contributed by atoms with Crippen molar-refractivity contribution in [2.24, 2.45) is 11.5 Å². The van der Waals surface area contributed by atoms with Crippen LogP contribution < -0.4 is 11.5 Å². The van der Waals surface area contributed by atoms with E-state index in [4.69, 9.17) is 11.5 Å². The van der Waals surface area contributed by atoms with Crippen molar-refractivity contribution in [2.45, 2.75) is 17.5 Å². The number of hydrogen-bond acceptors (Lipinski definition) is 3. The van der Waals surface area contributed by atoms with Gasteiger partial charge in [-0.2, -0.15) is 0 Å². The first kappa shape index (κ1) is 10.3. The summed E-state index contributed by atoms with van der Waals surface area (Å²) in [5.41, 5.74) is 10.4. The van der Waals surface area contributed by atoms with Gasteiger partial charge in [-0.25, -0.2) is 0 Å². The second-order valence-electron chi connectivity index (χ2n) is 3.10. The average Bonchev–Trinajstić information content (AvgIpc) is 2.04. The average molecular weight is 194 g/mol. The number of benzene rings is 1. The fourth-order valence-electron chi connectivity index (χ4n) is 0.758. The van der Waals surface area contributed by atoms with Crippen LogP contribution in [-0.2, 0) is 0 Å². The summed E-state index contributed by atoms with van der Waals surface area (Å²) >= 11 is 1.61. The molecule has 0 aliphatic carbocycles. The van der Waals surface area contributed by atoms with E-state index in [-0.39, 0.29) is 0 Å². The van der Waals surface area contributed by atoms with Gasteiger partial charge < -0.3 is 11.5 Å². The van der Waals surface area contributed by atoms with E-state index in [2.05, 4.69) is 0 Å². The normalized spacial score (nSPS) is 12.2. The summed E-state index contributed by atoms with van der Waals surface area (Å²) in [6.45, 7) is 1.76. The molecule has 0 radical (unpaired) electrons. The lowest BCUT2D eigenvalue weighted by atomic mass is 10.2. The molecule has 70 valence electrons. The molecule has 0 aliphatic heterocycles. The third-order valence-electron chi connectivity index (χ3n) is 1.37. The molecule has 0 amide bonds. The Bertz CT molecular complexity index is 275. The van der Waals surface area contributed by atoms with Crippen LogP contribution in [0.15, 0.2) is 46.7 Å². The third kappa shape index (κ3) is 4.72. The van der Waals surface area contributed by atoms with Gasteiger partial charge in [-0.1, -0.05) is 30.0 Å². The number of hydrogen-bond donors (Lipinski definition) is 2. The van der Waals surface area contributed by atoms with Crippen LogP contribution in [0, 0.1) is 0 Å². The monoisotopic (exact) mass is 194 g/mol. The zero-order valence-electron chi connectivity index (χ0n) is 7.60. The van der Waals surface area contributed by atoms with Crippen molar-refractivity contribution < 1.29 is 0 Å². The van der Waals surface area contributed by atoms with Crippen molar-refractivity contribution >= 4 is 11.8 Å². The Morgan fingerprint density at radius 3 is 2.38 bits per heavy atom. The summed E-state index contributed by atoms with van der Waals surface area (Å²) in [6, 6.07) is 10.1. The molecule has 13 heavy (non-hydrogen) atoms. The van der Waals surface area contributed by atoms with Crippen LogP contribution in [0.1, 0.15) is 6.92 Å². The molecule has 2 nitrogen and oxygen atoms in total. The molecule has 1 aromatic rings. The van der Waals surface area contributed by atoms with Gasteiger partial charge in [0, 0.05) is 4.90 Å². The summed E-state index contributed by atoms with van der Waals surface area (Å²) in [5.74, 6) is 0. The van der Waals surface area contributed by atoms with Crippen LogP contribution in [0.25, 0.3) is 0 Å². The predicted molar refractivity (Wildman–Crippen MR) is 58.2 cm³/mol. The maximum absolute atomic E-state index is 5.58. The van der Waals surface area contributed by atoms with Crippen LogP contribution in [0.5, 0.6) is 0 Å². The quantitative estimate of drug-likeness (QED) is 0.571. The highest BCUT2D eigenvalue weighted by Gasteiger charge is 2.03. The fourth-order valence-corrected chi connectivity index (χ4v) is 1.59. The Labute approximate surface area is 83.0 Å². The molecule has 0 aromatic heterocycles. The third-order valence-corrected chi connectivity index (χ3v) is 2.19. The zero-order valence-corrected chi connectivity index (χ0v) is 8.42. The van der Waals surface area contributed by atoms with Gasteiger partial charge in [0.05, 0.1) is 5.66 Å². The second-order valence-corrected chi connectivity index (χ2v) is 4.08. The fraction of sp³-hybridized carbons (Fsp3) is 0.200. The highest BCUT2D eigenvalue weighted by atomic mass is 32.2. The van der Waals surface area contributed by atoms with Gasteiger partial charge in [0.2, 0.25) is 0 Å². The van der Waals surface area contributed by atoms with Crippen molar-refractivity contribution in [3.05, 3.63) is 41.8 Å². The van der Waals surface area contributed by atoms with Crippen LogP contribution >= 0.6 is 11.8 Å². The lowest BCUT2D eigenvalue weighted by Gasteiger charge is -2.11. The van der Waals surface area contributed by atoms with Gasteiger partial charge >= 0.3 is 0 Å². The van der Waals surface area contributed by atoms with Crippen molar-refractivity contribution in [3.8, 4) is 0 Å². The van der Waals surface area contributed by atoms with Crippen LogP contribution in [0.4, 0.5) is 0 Å². The summed E-state index contributed by atoms with van der Waals surface area (Å²) in [7, 11) is 0. The van der Waals surface area contributed by atoms with E-state index in [1.54, 1.807) is 24.8 Å². The second kappa shape index (κ2) is 4.46. The van der Waals surface area contributed by atoms with Gasteiger partial charge in [0.15, 0.2) is 0 Å². The SMILES string of the molecule is CC(N)(N)C=CSc1ccccc1. The molecule has 0 saturated heterocycles. The minimum atomic E-state index is -0.720. The van der Waals surface area contributed by atoms with E-state index < -0.39 is 5.66 Å². The lowest BCUT2D eigenvalue weighted by Crippen LogP contribution is -2.43. The molecule has 3 heteroatoms. The van der Waals surface area contributed by atoms with Gasteiger partial charge in [-0.05, 0) is 30.5 Å². The zero-order chi connectivity index (χ0) is 9.73. The van der Waals surface area contributed by atoms with Gasteiger partial charge in [0.1, 0.15) is 0 Å². The first-order valence-electron chi connectivity index (χ1n) is 4.05. The van der Waals surface area contributed by atoms with Gasteiger partial charge in [0.25, 0.3) is 0 Å². The molecule has 0 heterocycles. The Balaban J connectivity index is 2.49. The summed E-state index contributed by atoms with van der Waals surface area (Å²) < 4.78 is 0. The first-order chi connectivity index (χ1) is 6.08. The Kier molecular flexibility index (Phi) is 3.54. The molecule has 4 N–H and O–H groups in total. The molecule has 0 bridgehead atoms. The van der Waals surface area contributed by atoms with Crippen molar-refractivity contribution in [3.63, 3.8) is 0 Å². The molecule has 0 fully saturated rings. The maximum Gasteiger partial charge on any atom is 0.0807 e.